The van der Waals surface area contributed by atoms with Crippen LogP contribution in [0.4, 0.5) is 5.82 Å². The Morgan fingerprint density at radius 3 is 2.57 bits per heavy atom. The quantitative estimate of drug-likeness (QED) is 0.821. The predicted molar refractivity (Wildman–Crippen MR) is 116 cm³/mol. The van der Waals surface area contributed by atoms with Crippen molar-refractivity contribution >= 4 is 17.6 Å². The highest BCUT2D eigenvalue weighted by molar-refractivity contribution is 5.77. The van der Waals surface area contributed by atoms with Crippen LogP contribution in [0.5, 0.6) is 0 Å². The van der Waals surface area contributed by atoms with Gasteiger partial charge in [-0.1, -0.05) is 19.3 Å². The molecular weight excluding hydrogens is 378 g/mol. The van der Waals surface area contributed by atoms with Crippen LogP contribution in [0.3, 0.4) is 0 Å². The molecule has 1 aromatic heterocycles. The van der Waals surface area contributed by atoms with Gasteiger partial charge in [0.1, 0.15) is 11.6 Å². The van der Waals surface area contributed by atoms with Crippen LogP contribution in [0, 0.1) is 5.92 Å². The Hall–Kier alpha value is -2.18. The van der Waals surface area contributed by atoms with E-state index in [4.69, 9.17) is 9.97 Å². The maximum atomic E-state index is 12.9. The molecule has 1 aromatic rings. The predicted octanol–water partition coefficient (Wildman–Crippen LogP) is 3.10. The Morgan fingerprint density at radius 1 is 1.03 bits per heavy atom. The molecule has 3 heterocycles. The fourth-order valence-electron chi connectivity index (χ4n) is 5.28. The number of carbonyl (C=O) groups is 2. The number of likely N-dealkylation sites (tertiary alicyclic amines) is 1. The van der Waals surface area contributed by atoms with Gasteiger partial charge >= 0.3 is 0 Å². The fraction of sp³-hybridized carbons (Fsp3) is 0.739. The maximum Gasteiger partial charge on any atom is 0.223 e. The molecule has 0 bridgehead atoms. The minimum atomic E-state index is 0.124. The summed E-state index contributed by atoms with van der Waals surface area (Å²) in [4.78, 5) is 38.4. The van der Waals surface area contributed by atoms with E-state index in [1.54, 1.807) is 6.92 Å². The van der Waals surface area contributed by atoms with E-state index >= 15 is 0 Å². The number of nitrogens with one attached hydrogen (secondary N) is 1. The Kier molecular flexibility index (Phi) is 6.54. The molecule has 7 nitrogen and oxygen atoms in total. The van der Waals surface area contributed by atoms with E-state index in [9.17, 15) is 9.59 Å². The van der Waals surface area contributed by atoms with Crippen LogP contribution in [-0.2, 0) is 22.6 Å². The molecular formula is C23H35N5O2. The molecule has 4 rings (SSSR count). The summed E-state index contributed by atoms with van der Waals surface area (Å²) >= 11 is 0. The molecule has 1 atom stereocenters. The minimum absolute atomic E-state index is 0.124. The first-order valence-electron chi connectivity index (χ1n) is 11.7. The lowest BCUT2D eigenvalue weighted by atomic mass is 9.86. The summed E-state index contributed by atoms with van der Waals surface area (Å²) in [6.07, 6.45) is 9.71. The van der Waals surface area contributed by atoms with Gasteiger partial charge in [0.15, 0.2) is 0 Å². The number of aromatic nitrogens is 2. The monoisotopic (exact) mass is 413 g/mol. The van der Waals surface area contributed by atoms with Crippen LogP contribution < -0.4 is 5.32 Å². The summed E-state index contributed by atoms with van der Waals surface area (Å²) in [5.41, 5.74) is 2.12. The van der Waals surface area contributed by atoms with Gasteiger partial charge in [0, 0.05) is 57.9 Å². The van der Waals surface area contributed by atoms with Gasteiger partial charge in [-0.15, -0.1) is 0 Å². The Morgan fingerprint density at radius 2 is 1.83 bits per heavy atom. The smallest absolute Gasteiger partial charge is 0.223 e. The molecule has 1 unspecified atom stereocenters. The zero-order valence-corrected chi connectivity index (χ0v) is 18.5. The molecule has 2 fully saturated rings. The van der Waals surface area contributed by atoms with Crippen molar-refractivity contribution in [3.8, 4) is 0 Å². The SMILES string of the molecule is CNc1nc(C2CCCN(C(C)=O)C2)nc2c1CN(C(=O)CC1CCCCC1)CC2. The average Bonchev–Trinajstić information content (AvgIpc) is 2.78. The number of anilines is 1. The Balaban J connectivity index is 1.48. The minimum Gasteiger partial charge on any atom is -0.373 e. The first-order valence-corrected chi connectivity index (χ1v) is 11.7. The molecule has 0 radical (unpaired) electrons. The van der Waals surface area contributed by atoms with E-state index in [1.165, 1.54) is 32.1 Å². The molecule has 2 amide bonds. The molecule has 1 N–H and O–H groups in total. The lowest BCUT2D eigenvalue weighted by Gasteiger charge is -2.34. The van der Waals surface area contributed by atoms with Gasteiger partial charge in [-0.2, -0.15) is 0 Å². The first kappa shape index (κ1) is 21.1. The zero-order chi connectivity index (χ0) is 21.1. The van der Waals surface area contributed by atoms with E-state index in [0.717, 1.165) is 55.3 Å². The summed E-state index contributed by atoms with van der Waals surface area (Å²) < 4.78 is 0. The molecule has 3 aliphatic rings. The summed E-state index contributed by atoms with van der Waals surface area (Å²) in [7, 11) is 1.89. The highest BCUT2D eigenvalue weighted by Crippen LogP contribution is 2.31. The van der Waals surface area contributed by atoms with Crippen molar-refractivity contribution in [2.75, 3.05) is 32.0 Å². The number of nitrogens with zero attached hydrogens (tertiary/aromatic N) is 4. The zero-order valence-electron chi connectivity index (χ0n) is 18.5. The molecule has 1 aliphatic carbocycles. The summed E-state index contributed by atoms with van der Waals surface area (Å²) in [6.45, 7) is 4.50. The number of fused-ring (bicyclic) bond motifs is 1. The van der Waals surface area contributed by atoms with Gasteiger partial charge in [-0.05, 0) is 31.6 Å². The second-order valence-corrected chi connectivity index (χ2v) is 9.18. The van der Waals surface area contributed by atoms with Gasteiger partial charge in [0.05, 0.1) is 12.2 Å². The molecule has 0 aromatic carbocycles. The highest BCUT2D eigenvalue weighted by atomic mass is 16.2. The molecule has 2 aliphatic heterocycles. The molecule has 1 saturated carbocycles. The summed E-state index contributed by atoms with van der Waals surface area (Å²) in [5.74, 6) is 2.83. The third-order valence-electron chi connectivity index (χ3n) is 7.09. The second kappa shape index (κ2) is 9.31. The average molecular weight is 414 g/mol. The van der Waals surface area contributed by atoms with Crippen molar-refractivity contribution in [1.82, 2.24) is 19.8 Å². The molecule has 164 valence electrons. The summed E-state index contributed by atoms with van der Waals surface area (Å²) in [5, 5.41) is 3.24. The van der Waals surface area contributed by atoms with Crippen LogP contribution in [0.15, 0.2) is 0 Å². The molecule has 0 spiro atoms. The lowest BCUT2D eigenvalue weighted by Crippen LogP contribution is -2.39. The Bertz CT molecular complexity index is 773. The van der Waals surface area contributed by atoms with Crippen LogP contribution in [0.1, 0.15) is 81.3 Å². The van der Waals surface area contributed by atoms with Crippen LogP contribution in [0.25, 0.3) is 0 Å². The highest BCUT2D eigenvalue weighted by Gasteiger charge is 2.30. The van der Waals surface area contributed by atoms with Gasteiger partial charge < -0.3 is 15.1 Å². The molecule has 30 heavy (non-hydrogen) atoms. The molecule has 1 saturated heterocycles. The standard InChI is InChI=1S/C23H35N5O2/c1-16(29)27-11-6-9-18(14-27)22-25-20-10-12-28(15-19(20)23(24-2)26-22)21(30)13-17-7-4-3-5-8-17/h17-18H,3-15H2,1-2H3,(H,24,25,26). The number of piperidine rings is 1. The maximum absolute atomic E-state index is 12.9. The number of hydrogen-bond acceptors (Lipinski definition) is 5. The first-order chi connectivity index (χ1) is 14.5. The van der Waals surface area contributed by atoms with Gasteiger partial charge in [0.2, 0.25) is 11.8 Å². The lowest BCUT2D eigenvalue weighted by molar-refractivity contribution is -0.133. The number of carbonyl (C=O) groups excluding carboxylic acids is 2. The van der Waals surface area contributed by atoms with Crippen molar-refractivity contribution in [2.24, 2.45) is 5.92 Å². The van der Waals surface area contributed by atoms with Crippen molar-refractivity contribution in [2.45, 2.75) is 77.2 Å². The number of hydrogen-bond donors (Lipinski definition) is 1. The fourth-order valence-corrected chi connectivity index (χ4v) is 5.28. The van der Waals surface area contributed by atoms with Crippen molar-refractivity contribution < 1.29 is 9.59 Å². The number of rotatable bonds is 4. The Labute approximate surface area is 179 Å². The van der Waals surface area contributed by atoms with Crippen LogP contribution in [0.2, 0.25) is 0 Å². The summed E-state index contributed by atoms with van der Waals surface area (Å²) in [6, 6.07) is 0. The van der Waals surface area contributed by atoms with E-state index in [1.807, 2.05) is 16.8 Å². The van der Waals surface area contributed by atoms with E-state index in [0.29, 0.717) is 25.4 Å². The van der Waals surface area contributed by atoms with Gasteiger partial charge in [-0.3, -0.25) is 9.59 Å². The largest absolute Gasteiger partial charge is 0.373 e. The third-order valence-corrected chi connectivity index (χ3v) is 7.09. The van der Waals surface area contributed by atoms with Gasteiger partial charge in [-0.25, -0.2) is 9.97 Å². The van der Waals surface area contributed by atoms with Gasteiger partial charge in [0.25, 0.3) is 0 Å². The third kappa shape index (κ3) is 4.60. The number of amides is 2. The van der Waals surface area contributed by atoms with E-state index in [-0.39, 0.29) is 17.7 Å². The van der Waals surface area contributed by atoms with E-state index in [2.05, 4.69) is 5.32 Å². The second-order valence-electron chi connectivity index (χ2n) is 9.18. The van der Waals surface area contributed by atoms with E-state index < -0.39 is 0 Å². The topological polar surface area (TPSA) is 78.4 Å². The van der Waals surface area contributed by atoms with Crippen LogP contribution in [-0.4, -0.2) is 58.3 Å². The van der Waals surface area contributed by atoms with Crippen LogP contribution >= 0.6 is 0 Å². The van der Waals surface area contributed by atoms with Crippen molar-refractivity contribution in [3.63, 3.8) is 0 Å². The molecule has 7 heteroatoms. The normalized spacial score (nSPS) is 22.5. The van der Waals surface area contributed by atoms with Crippen molar-refractivity contribution in [1.29, 1.82) is 0 Å². The van der Waals surface area contributed by atoms with Crippen molar-refractivity contribution in [3.05, 3.63) is 17.1 Å².